The van der Waals surface area contributed by atoms with Gasteiger partial charge in [-0.1, -0.05) is 0 Å². The maximum absolute atomic E-state index is 4.38. The number of aryl methyl sites for hydroxylation is 3. The predicted octanol–water partition coefficient (Wildman–Crippen LogP) is 1.33. The minimum Gasteiger partial charge on any atom is -0.338 e. The molecule has 19 heavy (non-hydrogen) atoms. The van der Waals surface area contributed by atoms with E-state index in [0.717, 1.165) is 31.9 Å². The highest BCUT2D eigenvalue weighted by atomic mass is 15.1. The Morgan fingerprint density at radius 2 is 2.21 bits per heavy atom. The first-order valence-corrected chi connectivity index (χ1v) is 7.01. The lowest BCUT2D eigenvalue weighted by Crippen LogP contribution is -2.27. The van der Waals surface area contributed by atoms with Gasteiger partial charge < -0.3 is 14.5 Å². The smallest absolute Gasteiger partial charge is 0.110 e. The molecule has 2 aromatic heterocycles. The lowest BCUT2D eigenvalue weighted by atomic mass is 9.95. The molecule has 3 rings (SSSR count). The fourth-order valence-electron chi connectivity index (χ4n) is 2.83. The summed E-state index contributed by atoms with van der Waals surface area (Å²) < 4.78 is 4.38. The molecule has 0 atom stereocenters. The van der Waals surface area contributed by atoms with Gasteiger partial charge in [-0.2, -0.15) is 0 Å². The van der Waals surface area contributed by atoms with Gasteiger partial charge in [0.05, 0.1) is 6.33 Å². The zero-order valence-electron chi connectivity index (χ0n) is 11.4. The van der Waals surface area contributed by atoms with Crippen LogP contribution in [0.5, 0.6) is 0 Å². The third kappa shape index (κ3) is 2.71. The lowest BCUT2D eigenvalue weighted by molar-refractivity contribution is 0.437. The highest BCUT2D eigenvalue weighted by Crippen LogP contribution is 2.24. The van der Waals surface area contributed by atoms with Crippen molar-refractivity contribution >= 4 is 0 Å². The Bertz CT molecular complexity index is 521. The highest BCUT2D eigenvalue weighted by molar-refractivity contribution is 5.08. The number of imidazole rings is 2. The zero-order valence-corrected chi connectivity index (χ0v) is 11.4. The maximum atomic E-state index is 4.38. The van der Waals surface area contributed by atoms with Crippen molar-refractivity contribution in [3.8, 4) is 0 Å². The number of nitrogens with zero attached hydrogens (tertiary/aromatic N) is 4. The minimum atomic E-state index is 0.658. The molecule has 3 heterocycles. The molecule has 1 aliphatic heterocycles. The first kappa shape index (κ1) is 12.4. The summed E-state index contributed by atoms with van der Waals surface area (Å²) in [5, 5.41) is 3.41. The number of hydrogen-bond donors (Lipinski definition) is 1. The van der Waals surface area contributed by atoms with Gasteiger partial charge in [-0.05, 0) is 25.9 Å². The molecular weight excluding hydrogens is 238 g/mol. The summed E-state index contributed by atoms with van der Waals surface area (Å²) in [5.41, 5.74) is 1.38. The molecular formula is C14H21N5. The van der Waals surface area contributed by atoms with Crippen LogP contribution in [0.2, 0.25) is 0 Å². The van der Waals surface area contributed by atoms with Crippen LogP contribution in [0.15, 0.2) is 24.9 Å². The molecule has 0 aromatic carbocycles. The van der Waals surface area contributed by atoms with Crippen molar-refractivity contribution in [1.29, 1.82) is 0 Å². The van der Waals surface area contributed by atoms with Crippen LogP contribution in [0, 0.1) is 0 Å². The molecule has 5 nitrogen and oxygen atoms in total. The Kier molecular flexibility index (Phi) is 3.64. The number of hydrogen-bond acceptors (Lipinski definition) is 3. The molecule has 0 aliphatic carbocycles. The van der Waals surface area contributed by atoms with Gasteiger partial charge in [-0.3, -0.25) is 0 Å². The van der Waals surface area contributed by atoms with E-state index in [4.69, 9.17) is 0 Å². The van der Waals surface area contributed by atoms with Crippen molar-refractivity contribution in [2.24, 2.45) is 7.05 Å². The summed E-state index contributed by atoms with van der Waals surface area (Å²) in [7, 11) is 2.05. The summed E-state index contributed by atoms with van der Waals surface area (Å²) in [4.78, 5) is 8.71. The number of piperidine rings is 1. The average Bonchev–Trinajstić information content (AvgIpc) is 3.06. The second-order valence-electron chi connectivity index (χ2n) is 5.24. The van der Waals surface area contributed by atoms with Gasteiger partial charge in [0, 0.05) is 50.2 Å². The van der Waals surface area contributed by atoms with E-state index in [2.05, 4.69) is 24.4 Å². The van der Waals surface area contributed by atoms with E-state index in [9.17, 15) is 0 Å². The van der Waals surface area contributed by atoms with Crippen LogP contribution >= 0.6 is 0 Å². The number of aromatic nitrogens is 4. The summed E-state index contributed by atoms with van der Waals surface area (Å²) in [6.07, 6.45) is 11.2. The van der Waals surface area contributed by atoms with E-state index in [1.807, 2.05) is 32.0 Å². The molecule has 0 saturated carbocycles. The van der Waals surface area contributed by atoms with Crippen molar-refractivity contribution < 1.29 is 0 Å². The largest absolute Gasteiger partial charge is 0.338 e. The Morgan fingerprint density at radius 1 is 1.37 bits per heavy atom. The van der Waals surface area contributed by atoms with Crippen LogP contribution in [-0.4, -0.2) is 32.2 Å². The Balaban J connectivity index is 1.68. The lowest BCUT2D eigenvalue weighted by Gasteiger charge is -2.23. The fraction of sp³-hybridized carbons (Fsp3) is 0.571. The van der Waals surface area contributed by atoms with E-state index in [1.54, 1.807) is 0 Å². The number of nitrogens with one attached hydrogen (secondary N) is 1. The third-order valence-electron chi connectivity index (χ3n) is 4.00. The quantitative estimate of drug-likeness (QED) is 0.901. The molecule has 0 bridgehead atoms. The molecule has 0 unspecified atom stereocenters. The van der Waals surface area contributed by atoms with Crippen LogP contribution in [0.25, 0.3) is 0 Å². The van der Waals surface area contributed by atoms with Gasteiger partial charge in [0.1, 0.15) is 5.82 Å². The van der Waals surface area contributed by atoms with Crippen molar-refractivity contribution in [2.75, 3.05) is 13.1 Å². The normalized spacial score (nSPS) is 16.9. The van der Waals surface area contributed by atoms with Crippen molar-refractivity contribution in [3.05, 3.63) is 36.4 Å². The molecule has 2 aromatic rings. The average molecular weight is 259 g/mol. The van der Waals surface area contributed by atoms with Crippen LogP contribution in [0.4, 0.5) is 0 Å². The standard InChI is InChI=1S/C14H21N5/c1-18-9-7-17-14(18)4-8-19-11-16-10-13(19)12-2-5-15-6-3-12/h7,9-12,15H,2-6,8H2,1H3. The molecule has 1 aliphatic rings. The van der Waals surface area contributed by atoms with Gasteiger partial charge in [0.25, 0.3) is 0 Å². The van der Waals surface area contributed by atoms with E-state index >= 15 is 0 Å². The van der Waals surface area contributed by atoms with Crippen molar-refractivity contribution in [2.45, 2.75) is 31.7 Å². The zero-order chi connectivity index (χ0) is 13.1. The molecule has 0 amide bonds. The summed E-state index contributed by atoms with van der Waals surface area (Å²) in [6, 6.07) is 0. The maximum Gasteiger partial charge on any atom is 0.110 e. The molecule has 1 N–H and O–H groups in total. The Morgan fingerprint density at radius 3 is 2.95 bits per heavy atom. The second kappa shape index (κ2) is 5.57. The SMILES string of the molecule is Cn1ccnc1CCn1cncc1C1CCNCC1. The first-order valence-electron chi connectivity index (χ1n) is 7.01. The molecule has 102 valence electrons. The van der Waals surface area contributed by atoms with Gasteiger partial charge >= 0.3 is 0 Å². The summed E-state index contributed by atoms with van der Waals surface area (Å²) in [6.45, 7) is 3.20. The minimum absolute atomic E-state index is 0.658. The van der Waals surface area contributed by atoms with Crippen LogP contribution in [0.3, 0.4) is 0 Å². The van der Waals surface area contributed by atoms with E-state index < -0.39 is 0 Å². The molecule has 1 saturated heterocycles. The Hall–Kier alpha value is -1.62. The van der Waals surface area contributed by atoms with Gasteiger partial charge in [0.15, 0.2) is 0 Å². The Labute approximate surface area is 113 Å². The topological polar surface area (TPSA) is 47.7 Å². The molecule has 5 heteroatoms. The van der Waals surface area contributed by atoms with Gasteiger partial charge in [-0.15, -0.1) is 0 Å². The molecule has 1 fully saturated rings. The van der Waals surface area contributed by atoms with E-state index in [0.29, 0.717) is 5.92 Å². The molecule has 0 spiro atoms. The van der Waals surface area contributed by atoms with Crippen molar-refractivity contribution in [3.63, 3.8) is 0 Å². The van der Waals surface area contributed by atoms with Crippen LogP contribution in [-0.2, 0) is 20.0 Å². The third-order valence-corrected chi connectivity index (χ3v) is 4.00. The van der Waals surface area contributed by atoms with Gasteiger partial charge in [-0.25, -0.2) is 9.97 Å². The van der Waals surface area contributed by atoms with Crippen LogP contribution in [0.1, 0.15) is 30.3 Å². The second-order valence-corrected chi connectivity index (χ2v) is 5.24. The van der Waals surface area contributed by atoms with Gasteiger partial charge in [0.2, 0.25) is 0 Å². The first-order chi connectivity index (χ1) is 9.34. The van der Waals surface area contributed by atoms with Crippen LogP contribution < -0.4 is 5.32 Å². The molecule has 0 radical (unpaired) electrons. The predicted molar refractivity (Wildman–Crippen MR) is 74.0 cm³/mol. The monoisotopic (exact) mass is 259 g/mol. The van der Waals surface area contributed by atoms with Crippen molar-refractivity contribution in [1.82, 2.24) is 24.4 Å². The van der Waals surface area contributed by atoms with E-state index in [1.165, 1.54) is 18.5 Å². The number of rotatable bonds is 4. The summed E-state index contributed by atoms with van der Waals surface area (Å²) >= 11 is 0. The highest BCUT2D eigenvalue weighted by Gasteiger charge is 2.18. The summed E-state index contributed by atoms with van der Waals surface area (Å²) in [5.74, 6) is 1.79. The fourth-order valence-corrected chi connectivity index (χ4v) is 2.83. The van der Waals surface area contributed by atoms with E-state index in [-0.39, 0.29) is 0 Å².